The monoisotopic (exact) mass is 554 g/mol. The summed E-state index contributed by atoms with van der Waals surface area (Å²) in [7, 11) is 0. The summed E-state index contributed by atoms with van der Waals surface area (Å²) >= 11 is 1.13. The number of hydrogen-bond acceptors (Lipinski definition) is 6. The minimum Gasteiger partial charge on any atom is -0.493 e. The zero-order valence-corrected chi connectivity index (χ0v) is 23.7. The van der Waals surface area contributed by atoms with Crippen LogP contribution in [0.15, 0.2) is 65.6 Å². The highest BCUT2D eigenvalue weighted by molar-refractivity contribution is 7.17. The Bertz CT molecular complexity index is 1820. The van der Waals surface area contributed by atoms with Crippen molar-refractivity contribution in [2.45, 2.75) is 52.4 Å². The van der Waals surface area contributed by atoms with Crippen LogP contribution in [0.5, 0.6) is 5.75 Å². The maximum atomic E-state index is 13.5. The molecule has 204 valence electrons. The lowest BCUT2D eigenvalue weighted by Crippen LogP contribution is -2.28. The van der Waals surface area contributed by atoms with Gasteiger partial charge in [-0.2, -0.15) is 0 Å². The number of aliphatic carboxylic acids is 1. The second kappa shape index (κ2) is 9.87. The predicted octanol–water partition coefficient (Wildman–Crippen LogP) is 6.51. The Kier molecular flexibility index (Phi) is 6.47. The molecule has 0 bridgehead atoms. The number of ether oxygens (including phenoxy) is 2. The van der Waals surface area contributed by atoms with Gasteiger partial charge in [0.2, 0.25) is 0 Å². The third kappa shape index (κ3) is 4.57. The molecule has 1 aliphatic heterocycles. The van der Waals surface area contributed by atoms with E-state index in [0.29, 0.717) is 29.0 Å². The van der Waals surface area contributed by atoms with E-state index < -0.39 is 17.7 Å². The number of carboxylic acids is 1. The molecule has 1 N–H and O–H groups in total. The first kappa shape index (κ1) is 26.2. The van der Waals surface area contributed by atoms with Crippen LogP contribution in [0.2, 0.25) is 0 Å². The summed E-state index contributed by atoms with van der Waals surface area (Å²) in [5, 5.41) is 11.4. The number of pyridine rings is 1. The quantitative estimate of drug-likeness (QED) is 0.257. The number of carboxylic acid groups (broad SMARTS) is 1. The Balaban J connectivity index is 1.71. The molecule has 1 unspecified atom stereocenters. The van der Waals surface area contributed by atoms with Crippen LogP contribution >= 0.6 is 11.3 Å². The zero-order chi connectivity index (χ0) is 28.2. The van der Waals surface area contributed by atoms with Crippen molar-refractivity contribution >= 4 is 38.4 Å². The summed E-state index contributed by atoms with van der Waals surface area (Å²) in [6, 6.07) is 17.6. The highest BCUT2D eigenvalue weighted by atomic mass is 32.1. The van der Waals surface area contributed by atoms with Gasteiger partial charge < -0.3 is 14.6 Å². The Morgan fingerprint density at radius 2 is 1.95 bits per heavy atom. The highest BCUT2D eigenvalue weighted by Crippen LogP contribution is 2.45. The van der Waals surface area contributed by atoms with Crippen molar-refractivity contribution in [1.82, 2.24) is 9.55 Å². The van der Waals surface area contributed by atoms with Crippen LogP contribution in [-0.4, -0.2) is 32.8 Å². The average Bonchev–Trinajstić information content (AvgIpc) is 3.22. The molecule has 3 aromatic carbocycles. The lowest BCUT2D eigenvalue weighted by molar-refractivity contribution is -0.160. The lowest BCUT2D eigenvalue weighted by Gasteiger charge is -2.28. The Labute approximate surface area is 235 Å². The summed E-state index contributed by atoms with van der Waals surface area (Å²) in [5.41, 5.74) is 5.58. The number of benzene rings is 3. The van der Waals surface area contributed by atoms with Crippen LogP contribution < -0.4 is 9.61 Å². The molecule has 0 amide bonds. The largest absolute Gasteiger partial charge is 0.493 e. The van der Waals surface area contributed by atoms with Crippen molar-refractivity contribution < 1.29 is 19.4 Å². The molecule has 40 heavy (non-hydrogen) atoms. The van der Waals surface area contributed by atoms with E-state index in [1.807, 2.05) is 82.3 Å². The molecule has 8 heteroatoms. The van der Waals surface area contributed by atoms with E-state index in [0.717, 1.165) is 62.2 Å². The van der Waals surface area contributed by atoms with Gasteiger partial charge in [-0.1, -0.05) is 41.7 Å². The Morgan fingerprint density at radius 1 is 1.18 bits per heavy atom. The van der Waals surface area contributed by atoms with Gasteiger partial charge in [-0.05, 0) is 68.7 Å². The molecule has 7 nitrogen and oxygen atoms in total. The normalized spacial score (nSPS) is 13.9. The van der Waals surface area contributed by atoms with Crippen molar-refractivity contribution in [3.05, 3.63) is 92.7 Å². The van der Waals surface area contributed by atoms with Gasteiger partial charge in [0.25, 0.3) is 0 Å². The first-order valence-electron chi connectivity index (χ1n) is 13.3. The molecule has 0 spiro atoms. The van der Waals surface area contributed by atoms with Gasteiger partial charge in [-0.15, -0.1) is 0 Å². The number of thiazole rings is 1. The van der Waals surface area contributed by atoms with Crippen molar-refractivity contribution in [1.29, 1.82) is 0 Å². The average molecular weight is 555 g/mol. The number of aromatic nitrogens is 2. The number of aryl methyl sites for hydroxylation is 1. The predicted molar refractivity (Wildman–Crippen MR) is 158 cm³/mol. The Hall–Kier alpha value is -4.01. The van der Waals surface area contributed by atoms with Crippen LogP contribution in [0.1, 0.15) is 49.1 Å². The summed E-state index contributed by atoms with van der Waals surface area (Å²) in [6.45, 7) is 8.41. The second-order valence-corrected chi connectivity index (χ2v) is 12.1. The van der Waals surface area contributed by atoms with E-state index in [9.17, 15) is 14.7 Å². The minimum atomic E-state index is -1.25. The smallest absolute Gasteiger partial charge is 0.337 e. The molecular formula is C32H30N2O5S. The van der Waals surface area contributed by atoms with Crippen LogP contribution in [0.25, 0.3) is 32.2 Å². The van der Waals surface area contributed by atoms with Gasteiger partial charge in [0.15, 0.2) is 6.10 Å². The molecule has 2 aromatic heterocycles. The van der Waals surface area contributed by atoms with E-state index >= 15 is 0 Å². The second-order valence-electron chi connectivity index (χ2n) is 11.1. The summed E-state index contributed by atoms with van der Waals surface area (Å²) < 4.78 is 14.6. The molecule has 1 atom stereocenters. The standard InChI is InChI=1S/C32H30N2O5S/c1-18-16-22-29(40-31(37)34(22)17-19-8-6-5-7-9-19)26(24(18)28(30(35)36)39-32(2,3)4)21-10-11-23-25-20(13-15-38-23)12-14-33-27(21)25/h5-12,14,16,28H,13,15,17H2,1-4H3,(H,35,36). The van der Waals surface area contributed by atoms with Crippen molar-refractivity contribution in [2.24, 2.45) is 0 Å². The van der Waals surface area contributed by atoms with E-state index in [-0.39, 0.29) is 4.87 Å². The Morgan fingerprint density at radius 3 is 2.67 bits per heavy atom. The van der Waals surface area contributed by atoms with Crippen molar-refractivity contribution in [3.8, 4) is 16.9 Å². The van der Waals surface area contributed by atoms with Gasteiger partial charge in [0, 0.05) is 34.7 Å². The molecule has 0 radical (unpaired) electrons. The SMILES string of the molecule is Cc1cc2c(sc(=O)n2Cc2ccccc2)c(-c2ccc3c4c(ccnc24)CCO3)c1C(OC(C)(C)C)C(=O)O. The van der Waals surface area contributed by atoms with E-state index in [4.69, 9.17) is 14.5 Å². The molecule has 6 rings (SSSR count). The maximum absolute atomic E-state index is 13.5. The molecule has 0 fully saturated rings. The number of hydrogen-bond donors (Lipinski definition) is 1. The van der Waals surface area contributed by atoms with Crippen LogP contribution in [-0.2, 0) is 22.5 Å². The van der Waals surface area contributed by atoms with Gasteiger partial charge in [0.1, 0.15) is 5.75 Å². The van der Waals surface area contributed by atoms with Crippen molar-refractivity contribution in [2.75, 3.05) is 6.61 Å². The molecular weight excluding hydrogens is 524 g/mol. The van der Waals surface area contributed by atoms with Gasteiger partial charge in [-0.3, -0.25) is 14.3 Å². The number of carbonyl (C=O) groups is 1. The zero-order valence-electron chi connectivity index (χ0n) is 22.9. The fraction of sp³-hybridized carbons (Fsp3) is 0.281. The number of nitrogens with zero attached hydrogens (tertiary/aromatic N) is 2. The number of fused-ring (bicyclic) bond motifs is 1. The van der Waals surface area contributed by atoms with Gasteiger partial charge >= 0.3 is 10.8 Å². The molecule has 1 aliphatic rings. The van der Waals surface area contributed by atoms with Gasteiger partial charge in [0.05, 0.1) is 34.5 Å². The fourth-order valence-electron chi connectivity index (χ4n) is 5.55. The van der Waals surface area contributed by atoms with Crippen molar-refractivity contribution in [3.63, 3.8) is 0 Å². The number of rotatable bonds is 6. The first-order valence-corrected chi connectivity index (χ1v) is 14.1. The summed E-state index contributed by atoms with van der Waals surface area (Å²) in [4.78, 5) is 30.9. The molecule has 0 saturated heterocycles. The maximum Gasteiger partial charge on any atom is 0.337 e. The molecule has 0 saturated carbocycles. The highest BCUT2D eigenvalue weighted by Gasteiger charge is 2.33. The molecule has 0 aliphatic carbocycles. The third-order valence-corrected chi connectivity index (χ3v) is 8.20. The van der Waals surface area contributed by atoms with Gasteiger partial charge in [-0.25, -0.2) is 4.79 Å². The minimum absolute atomic E-state index is 0.112. The van der Waals surface area contributed by atoms with E-state index in [2.05, 4.69) is 0 Å². The van der Waals surface area contributed by atoms with Crippen LogP contribution in [0, 0.1) is 6.92 Å². The summed E-state index contributed by atoms with van der Waals surface area (Å²) in [6.07, 6.45) is 1.30. The van der Waals surface area contributed by atoms with Crippen LogP contribution in [0.4, 0.5) is 0 Å². The van der Waals surface area contributed by atoms with E-state index in [1.165, 1.54) is 0 Å². The van der Waals surface area contributed by atoms with E-state index in [1.54, 1.807) is 10.8 Å². The topological polar surface area (TPSA) is 90.7 Å². The molecule has 5 aromatic rings. The van der Waals surface area contributed by atoms with Crippen LogP contribution in [0.3, 0.4) is 0 Å². The lowest BCUT2D eigenvalue weighted by atomic mass is 9.89. The molecule has 3 heterocycles. The first-order chi connectivity index (χ1) is 19.1. The fourth-order valence-corrected chi connectivity index (χ4v) is 6.59. The summed E-state index contributed by atoms with van der Waals surface area (Å²) in [5.74, 6) is -0.331. The third-order valence-electron chi connectivity index (χ3n) is 7.19.